The van der Waals surface area contributed by atoms with Crippen molar-refractivity contribution in [3.63, 3.8) is 0 Å². The molecule has 1 aliphatic rings. The summed E-state index contributed by atoms with van der Waals surface area (Å²) in [4.78, 5) is 4.26. The Kier molecular flexibility index (Phi) is 4.64. The van der Waals surface area contributed by atoms with E-state index in [2.05, 4.69) is 18.8 Å². The first-order chi connectivity index (χ1) is 9.79. The van der Waals surface area contributed by atoms with Crippen LogP contribution in [0.25, 0.3) is 0 Å². The average molecular weight is 291 g/mol. The van der Waals surface area contributed by atoms with Crippen LogP contribution >= 0.6 is 0 Å². The fourth-order valence-electron chi connectivity index (χ4n) is 2.26. The maximum Gasteiger partial charge on any atom is 0.496 e. The molecule has 5 heteroatoms. The number of rotatable bonds is 5. The normalized spacial score (nSPS) is 20.0. The molecule has 0 unspecified atom stereocenters. The van der Waals surface area contributed by atoms with Gasteiger partial charge in [0.25, 0.3) is 0 Å². The van der Waals surface area contributed by atoms with Crippen molar-refractivity contribution in [3.05, 3.63) is 18.5 Å². The molecule has 116 valence electrons. The number of pyridine rings is 1. The third kappa shape index (κ3) is 3.41. The smallest absolute Gasteiger partial charge is 0.489 e. The second-order valence-corrected chi connectivity index (χ2v) is 6.60. The van der Waals surface area contributed by atoms with Gasteiger partial charge in [-0.2, -0.15) is 0 Å². The van der Waals surface area contributed by atoms with Gasteiger partial charge in [0.1, 0.15) is 5.75 Å². The summed E-state index contributed by atoms with van der Waals surface area (Å²) in [7, 11) is -0.396. The van der Waals surface area contributed by atoms with Crippen molar-refractivity contribution in [2.75, 3.05) is 0 Å². The Labute approximate surface area is 128 Å². The van der Waals surface area contributed by atoms with Gasteiger partial charge in [-0.15, -0.1) is 0 Å². The largest absolute Gasteiger partial charge is 0.496 e. The first kappa shape index (κ1) is 16.3. The van der Waals surface area contributed by atoms with E-state index in [1.54, 1.807) is 12.4 Å². The van der Waals surface area contributed by atoms with Crippen LogP contribution < -0.4 is 10.2 Å². The van der Waals surface area contributed by atoms with Gasteiger partial charge in [-0.3, -0.25) is 4.98 Å². The van der Waals surface area contributed by atoms with E-state index in [1.165, 1.54) is 0 Å². The Morgan fingerprint density at radius 3 is 2.19 bits per heavy atom. The number of hydrogen-bond acceptors (Lipinski definition) is 4. The maximum absolute atomic E-state index is 6.04. The van der Waals surface area contributed by atoms with E-state index in [0.717, 1.165) is 24.1 Å². The van der Waals surface area contributed by atoms with Gasteiger partial charge >= 0.3 is 7.12 Å². The second kappa shape index (κ2) is 5.97. The van der Waals surface area contributed by atoms with Crippen molar-refractivity contribution in [1.29, 1.82) is 0 Å². The van der Waals surface area contributed by atoms with E-state index in [-0.39, 0.29) is 17.3 Å². The van der Waals surface area contributed by atoms with Crippen molar-refractivity contribution < 1.29 is 14.0 Å². The fourth-order valence-corrected chi connectivity index (χ4v) is 2.26. The number of ether oxygens (including phenoxy) is 1. The molecule has 1 fully saturated rings. The van der Waals surface area contributed by atoms with Gasteiger partial charge in [-0.05, 0) is 46.6 Å². The predicted molar refractivity (Wildman–Crippen MR) is 85.0 cm³/mol. The van der Waals surface area contributed by atoms with E-state index >= 15 is 0 Å². The van der Waals surface area contributed by atoms with Gasteiger partial charge in [0.15, 0.2) is 0 Å². The number of aromatic nitrogens is 1. The Balaban J connectivity index is 2.15. The molecule has 1 aromatic rings. The molecule has 0 radical (unpaired) electrons. The lowest BCUT2D eigenvalue weighted by atomic mass is 9.80. The van der Waals surface area contributed by atoms with Crippen molar-refractivity contribution in [2.45, 2.75) is 71.7 Å². The molecular formula is C16H26BNO3. The van der Waals surface area contributed by atoms with E-state index in [9.17, 15) is 0 Å². The van der Waals surface area contributed by atoms with Crippen molar-refractivity contribution in [1.82, 2.24) is 4.98 Å². The van der Waals surface area contributed by atoms with Gasteiger partial charge in [0.2, 0.25) is 0 Å². The van der Waals surface area contributed by atoms with Crippen LogP contribution in [0.5, 0.6) is 5.75 Å². The van der Waals surface area contributed by atoms with Gasteiger partial charge in [-0.1, -0.05) is 13.8 Å². The molecule has 0 atom stereocenters. The third-order valence-corrected chi connectivity index (χ3v) is 4.47. The highest BCUT2D eigenvalue weighted by Gasteiger charge is 2.51. The molecule has 1 aliphatic heterocycles. The van der Waals surface area contributed by atoms with Gasteiger partial charge in [-0.25, -0.2) is 0 Å². The fraction of sp³-hybridized carbons (Fsp3) is 0.688. The first-order valence-electron chi connectivity index (χ1n) is 7.76. The molecule has 0 aromatic carbocycles. The summed E-state index contributed by atoms with van der Waals surface area (Å²) < 4.78 is 18.0. The predicted octanol–water partition coefficient (Wildman–Crippen LogP) is 2.95. The van der Waals surface area contributed by atoms with Crippen LogP contribution in [0.2, 0.25) is 0 Å². The molecule has 1 saturated heterocycles. The highest BCUT2D eigenvalue weighted by atomic mass is 16.7. The molecule has 2 rings (SSSR count). The first-order valence-corrected chi connectivity index (χ1v) is 7.76. The lowest BCUT2D eigenvalue weighted by Gasteiger charge is -2.32. The molecule has 0 amide bonds. The third-order valence-electron chi connectivity index (χ3n) is 4.47. The topological polar surface area (TPSA) is 40.6 Å². The van der Waals surface area contributed by atoms with E-state index in [4.69, 9.17) is 14.0 Å². The van der Waals surface area contributed by atoms with E-state index < -0.39 is 7.12 Å². The molecule has 1 aromatic heterocycles. The monoisotopic (exact) mass is 291 g/mol. The summed E-state index contributed by atoms with van der Waals surface area (Å²) in [5.74, 6) is 0.774. The van der Waals surface area contributed by atoms with E-state index in [1.807, 2.05) is 33.8 Å². The zero-order valence-electron chi connectivity index (χ0n) is 14.0. The van der Waals surface area contributed by atoms with Crippen LogP contribution in [0, 0.1) is 0 Å². The molecule has 2 heterocycles. The zero-order chi connectivity index (χ0) is 15.7. The molecule has 21 heavy (non-hydrogen) atoms. The van der Waals surface area contributed by atoms with Gasteiger partial charge < -0.3 is 14.0 Å². The van der Waals surface area contributed by atoms with Crippen LogP contribution in [0.15, 0.2) is 18.5 Å². The van der Waals surface area contributed by atoms with E-state index in [0.29, 0.717) is 0 Å². The Morgan fingerprint density at radius 1 is 1.10 bits per heavy atom. The quantitative estimate of drug-likeness (QED) is 0.782. The van der Waals surface area contributed by atoms with Gasteiger partial charge in [0, 0.05) is 11.7 Å². The minimum Gasteiger partial charge on any atom is -0.489 e. The summed E-state index contributed by atoms with van der Waals surface area (Å²) >= 11 is 0. The minimum atomic E-state index is -0.396. The van der Waals surface area contributed by atoms with Crippen LogP contribution in [-0.2, 0) is 9.31 Å². The molecule has 0 saturated carbocycles. The molecule has 0 bridgehead atoms. The number of hydrogen-bond donors (Lipinski definition) is 0. The van der Waals surface area contributed by atoms with Crippen molar-refractivity contribution in [3.8, 4) is 5.75 Å². The Bertz CT molecular complexity index is 470. The average Bonchev–Trinajstić information content (AvgIpc) is 2.65. The standard InChI is InChI=1S/C16H26BNO3/c1-7-13(8-2)19-14-9-12(10-18-11-14)17-20-15(3,4)16(5,6)21-17/h9-11,13H,7-8H2,1-6H3. The minimum absolute atomic E-state index is 0.223. The van der Waals surface area contributed by atoms with Crippen LogP contribution in [0.3, 0.4) is 0 Å². The highest BCUT2D eigenvalue weighted by Crippen LogP contribution is 2.36. The molecule has 0 aliphatic carbocycles. The Morgan fingerprint density at radius 2 is 1.67 bits per heavy atom. The molecule has 0 spiro atoms. The summed E-state index contributed by atoms with van der Waals surface area (Å²) in [5.41, 5.74) is 0.213. The van der Waals surface area contributed by atoms with Crippen molar-refractivity contribution >= 4 is 12.6 Å². The van der Waals surface area contributed by atoms with Crippen LogP contribution in [0.1, 0.15) is 54.4 Å². The zero-order valence-corrected chi connectivity index (χ0v) is 14.0. The summed E-state index contributed by atoms with van der Waals surface area (Å²) in [5, 5.41) is 0. The summed E-state index contributed by atoms with van der Waals surface area (Å²) in [6.45, 7) is 12.4. The van der Waals surface area contributed by atoms with Gasteiger partial charge in [0.05, 0.1) is 23.5 Å². The molecule has 0 N–H and O–H groups in total. The SMILES string of the molecule is CCC(CC)Oc1cncc(B2OC(C)(C)C(C)(C)O2)c1. The number of nitrogens with zero attached hydrogens (tertiary/aromatic N) is 1. The Hall–Kier alpha value is -1.07. The highest BCUT2D eigenvalue weighted by molar-refractivity contribution is 6.62. The summed E-state index contributed by atoms with van der Waals surface area (Å²) in [6.07, 6.45) is 5.71. The lowest BCUT2D eigenvalue weighted by molar-refractivity contribution is 0.00578. The van der Waals surface area contributed by atoms with Crippen LogP contribution in [0.4, 0.5) is 0 Å². The molecular weight excluding hydrogens is 265 g/mol. The van der Waals surface area contributed by atoms with Crippen LogP contribution in [-0.4, -0.2) is 29.4 Å². The van der Waals surface area contributed by atoms with Crippen molar-refractivity contribution in [2.24, 2.45) is 0 Å². The summed E-state index contributed by atoms with van der Waals surface area (Å²) in [6, 6.07) is 1.97. The lowest BCUT2D eigenvalue weighted by Crippen LogP contribution is -2.41. The molecule has 4 nitrogen and oxygen atoms in total. The maximum atomic E-state index is 6.04. The second-order valence-electron chi connectivity index (χ2n) is 6.60.